The van der Waals surface area contributed by atoms with Gasteiger partial charge in [-0.3, -0.25) is 9.59 Å². The van der Waals surface area contributed by atoms with E-state index in [0.29, 0.717) is 11.5 Å². The van der Waals surface area contributed by atoms with Crippen molar-refractivity contribution in [3.63, 3.8) is 0 Å². The van der Waals surface area contributed by atoms with Crippen LogP contribution in [0.4, 0.5) is 5.69 Å². The molecule has 1 aliphatic heterocycles. The smallest absolute Gasteiger partial charge is 0.268 e. The van der Waals surface area contributed by atoms with Gasteiger partial charge in [-0.25, -0.2) is 10.0 Å². The molecule has 1 aromatic rings. The molecule has 2 aliphatic carbocycles. The molecule has 4 heteroatoms. The molecule has 2 saturated carbocycles. The number of carbonyl (C=O) groups excluding carboxylic acids is 2. The van der Waals surface area contributed by atoms with Crippen molar-refractivity contribution in [2.24, 2.45) is 16.7 Å². The second kappa shape index (κ2) is 5.20. The maximum absolute atomic E-state index is 13.7. The van der Waals surface area contributed by atoms with Crippen molar-refractivity contribution >= 4 is 17.5 Å². The summed E-state index contributed by atoms with van der Waals surface area (Å²) >= 11 is 0. The first kappa shape index (κ1) is 16.4. The number of benzene rings is 1. The molecule has 4 nitrogen and oxygen atoms in total. The van der Waals surface area contributed by atoms with Gasteiger partial charge in [0.15, 0.2) is 0 Å². The highest BCUT2D eigenvalue weighted by Crippen LogP contribution is 2.70. The third-order valence-electron chi connectivity index (χ3n) is 7.20. The predicted octanol–water partition coefficient (Wildman–Crippen LogP) is 3.94. The van der Waals surface area contributed by atoms with Crippen LogP contribution in [0.2, 0.25) is 0 Å². The molecule has 4 rings (SSSR count). The Kier molecular flexibility index (Phi) is 3.40. The molecule has 1 spiro atoms. The number of fused-ring (bicyclic) bond motifs is 1. The number of carbonyl (C=O) groups is 2. The minimum atomic E-state index is -0.447. The number of hydrogen-bond donors (Lipinski definition) is 0. The third kappa shape index (κ3) is 1.83. The van der Waals surface area contributed by atoms with E-state index in [1.165, 1.54) is 0 Å². The number of hydrazine groups is 1. The summed E-state index contributed by atoms with van der Waals surface area (Å²) in [6, 6.07) is 9.57. The monoisotopic (exact) mass is 338 g/mol. The largest absolute Gasteiger partial charge is 0.272 e. The zero-order valence-electron chi connectivity index (χ0n) is 15.5. The molecular formula is C21H26N2O2. The molecule has 1 heterocycles. The van der Waals surface area contributed by atoms with Crippen molar-refractivity contribution in [1.82, 2.24) is 5.01 Å². The molecule has 132 valence electrons. The van der Waals surface area contributed by atoms with Crippen molar-refractivity contribution in [2.45, 2.75) is 53.0 Å². The molecule has 2 amide bonds. The quantitative estimate of drug-likeness (QED) is 0.767. The Bertz CT molecular complexity index is 767. The fourth-order valence-corrected chi connectivity index (χ4v) is 5.54. The highest BCUT2D eigenvalue weighted by molar-refractivity contribution is 6.07. The number of rotatable bonds is 2. The van der Waals surface area contributed by atoms with Crippen LogP contribution in [0.25, 0.3) is 0 Å². The van der Waals surface area contributed by atoms with E-state index in [9.17, 15) is 9.59 Å². The van der Waals surface area contributed by atoms with Crippen LogP contribution in [0.1, 0.15) is 47.0 Å². The summed E-state index contributed by atoms with van der Waals surface area (Å²) in [6.45, 7) is 8.16. The van der Waals surface area contributed by atoms with Gasteiger partial charge in [0.05, 0.1) is 17.1 Å². The van der Waals surface area contributed by atoms with Gasteiger partial charge in [0.25, 0.3) is 11.8 Å². The van der Waals surface area contributed by atoms with Crippen LogP contribution in [-0.2, 0) is 9.59 Å². The van der Waals surface area contributed by atoms with Crippen molar-refractivity contribution in [2.75, 3.05) is 5.01 Å². The molecule has 2 bridgehead atoms. The van der Waals surface area contributed by atoms with E-state index in [-0.39, 0.29) is 23.3 Å². The molecule has 0 radical (unpaired) electrons. The lowest BCUT2D eigenvalue weighted by Gasteiger charge is -2.35. The van der Waals surface area contributed by atoms with Crippen LogP contribution < -0.4 is 5.01 Å². The summed E-state index contributed by atoms with van der Waals surface area (Å²) in [6.07, 6.45) is 4.73. The molecule has 25 heavy (non-hydrogen) atoms. The fraction of sp³-hybridized carbons (Fsp3) is 0.524. The van der Waals surface area contributed by atoms with Crippen LogP contribution in [0, 0.1) is 16.7 Å². The lowest BCUT2D eigenvalue weighted by molar-refractivity contribution is -0.131. The first-order chi connectivity index (χ1) is 11.9. The van der Waals surface area contributed by atoms with Crippen molar-refractivity contribution in [3.05, 3.63) is 42.0 Å². The molecule has 0 unspecified atom stereocenters. The SMILES string of the molecule is C/C=C(\C)C(=O)N1[C@@H]2C[C@H]3CC[C@]2(C(=O)N1c1ccccc1)C3(C)C. The first-order valence-corrected chi connectivity index (χ1v) is 9.22. The van der Waals surface area contributed by atoms with Crippen LogP contribution in [0.15, 0.2) is 42.0 Å². The van der Waals surface area contributed by atoms with Crippen molar-refractivity contribution < 1.29 is 9.59 Å². The Morgan fingerprint density at radius 1 is 1.24 bits per heavy atom. The standard InChI is InChI=1S/C21H26N2O2/c1-5-14(2)18(24)23-17-13-15-11-12-21(17,20(15,3)4)19(25)22(23)16-9-7-6-8-10-16/h5-10,15,17H,11-13H2,1-4H3/b14-5+/t15-,17-,21+/m1/s1. The van der Waals surface area contributed by atoms with Gasteiger partial charge >= 0.3 is 0 Å². The van der Waals surface area contributed by atoms with Gasteiger partial charge in [0.1, 0.15) is 0 Å². The average Bonchev–Trinajstić information content (AvgIpc) is 3.13. The van der Waals surface area contributed by atoms with Gasteiger partial charge in [-0.05, 0) is 56.6 Å². The Labute approximate surface area is 149 Å². The Morgan fingerprint density at radius 2 is 1.92 bits per heavy atom. The van der Waals surface area contributed by atoms with Gasteiger partial charge in [-0.15, -0.1) is 0 Å². The summed E-state index contributed by atoms with van der Waals surface area (Å²) < 4.78 is 0. The van der Waals surface area contributed by atoms with Crippen LogP contribution >= 0.6 is 0 Å². The van der Waals surface area contributed by atoms with Gasteiger partial charge in [-0.1, -0.05) is 38.1 Å². The third-order valence-corrected chi connectivity index (χ3v) is 7.20. The number of allylic oxidation sites excluding steroid dienone is 1. The number of hydrogen-bond acceptors (Lipinski definition) is 2. The average molecular weight is 338 g/mol. The zero-order valence-corrected chi connectivity index (χ0v) is 15.5. The van der Waals surface area contributed by atoms with E-state index in [0.717, 1.165) is 24.9 Å². The maximum atomic E-state index is 13.7. The Hall–Kier alpha value is -2.10. The number of anilines is 1. The molecule has 1 saturated heterocycles. The molecule has 1 aromatic carbocycles. The van der Waals surface area contributed by atoms with E-state index < -0.39 is 5.41 Å². The van der Waals surface area contributed by atoms with Gasteiger partial charge in [0, 0.05) is 5.57 Å². The summed E-state index contributed by atoms with van der Waals surface area (Å²) in [5.74, 6) is 0.566. The Morgan fingerprint density at radius 3 is 2.52 bits per heavy atom. The predicted molar refractivity (Wildman–Crippen MR) is 97.5 cm³/mol. The molecule has 3 fully saturated rings. The zero-order chi connectivity index (χ0) is 18.0. The van der Waals surface area contributed by atoms with Gasteiger partial charge in [0.2, 0.25) is 0 Å². The van der Waals surface area contributed by atoms with E-state index >= 15 is 0 Å². The van der Waals surface area contributed by atoms with Crippen LogP contribution in [-0.4, -0.2) is 22.9 Å². The first-order valence-electron chi connectivity index (χ1n) is 9.22. The minimum Gasteiger partial charge on any atom is -0.272 e. The number of amides is 2. The fourth-order valence-electron chi connectivity index (χ4n) is 5.54. The summed E-state index contributed by atoms with van der Waals surface area (Å²) in [5.41, 5.74) is 0.955. The van der Waals surface area contributed by atoms with Gasteiger partial charge < -0.3 is 0 Å². The van der Waals surface area contributed by atoms with Crippen molar-refractivity contribution in [3.8, 4) is 0 Å². The molecule has 0 N–H and O–H groups in total. The molecule has 3 atom stereocenters. The Balaban J connectivity index is 1.88. The van der Waals surface area contributed by atoms with Crippen molar-refractivity contribution in [1.29, 1.82) is 0 Å². The van der Waals surface area contributed by atoms with Gasteiger partial charge in [-0.2, -0.15) is 0 Å². The second-order valence-corrected chi connectivity index (χ2v) is 8.25. The summed E-state index contributed by atoms with van der Waals surface area (Å²) in [4.78, 5) is 26.9. The molecular weight excluding hydrogens is 312 g/mol. The molecule has 3 aliphatic rings. The second-order valence-electron chi connectivity index (χ2n) is 8.25. The van der Waals surface area contributed by atoms with E-state index in [1.807, 2.05) is 50.3 Å². The van der Waals surface area contributed by atoms with Crippen LogP contribution in [0.5, 0.6) is 0 Å². The number of nitrogens with zero attached hydrogens (tertiary/aromatic N) is 2. The summed E-state index contributed by atoms with van der Waals surface area (Å²) in [7, 11) is 0. The van der Waals surface area contributed by atoms with E-state index in [1.54, 1.807) is 10.0 Å². The normalized spacial score (nSPS) is 33.1. The highest BCUT2D eigenvalue weighted by Gasteiger charge is 2.75. The maximum Gasteiger partial charge on any atom is 0.268 e. The van der Waals surface area contributed by atoms with E-state index in [4.69, 9.17) is 0 Å². The minimum absolute atomic E-state index is 0.0312. The lowest BCUT2D eigenvalue weighted by Crippen LogP contribution is -2.47. The van der Waals surface area contributed by atoms with Crippen LogP contribution in [0.3, 0.4) is 0 Å². The summed E-state index contributed by atoms with van der Waals surface area (Å²) in [5, 5.41) is 3.44. The molecule has 0 aromatic heterocycles. The lowest BCUT2D eigenvalue weighted by atomic mass is 9.67. The number of para-hydroxylation sites is 1. The van der Waals surface area contributed by atoms with E-state index in [2.05, 4.69) is 13.8 Å². The topological polar surface area (TPSA) is 40.6 Å². The highest BCUT2D eigenvalue weighted by atomic mass is 16.2.